The molecule has 0 amide bonds. The molecule has 4 nitrogen and oxygen atoms in total. The van der Waals surface area contributed by atoms with Crippen molar-refractivity contribution in [2.45, 2.75) is 44.5 Å². The minimum atomic E-state index is -3.42. The Hall–Kier alpha value is -0.430. The van der Waals surface area contributed by atoms with Crippen molar-refractivity contribution in [3.63, 3.8) is 0 Å². The summed E-state index contributed by atoms with van der Waals surface area (Å²) in [7, 11) is -3.42. The fourth-order valence-corrected chi connectivity index (χ4v) is 3.78. The lowest BCUT2D eigenvalue weighted by Gasteiger charge is -2.27. The molecule has 0 saturated carbocycles. The lowest BCUT2D eigenvalue weighted by atomic mass is 9.89. The number of nitrogens with two attached hydrogens (primary N) is 1. The normalized spacial score (nSPS) is 14.9. The Morgan fingerprint density at radius 3 is 2.41 bits per heavy atom. The molecule has 0 aliphatic rings. The summed E-state index contributed by atoms with van der Waals surface area (Å²) in [6, 6.07) is 3.22. The molecular formula is C11H20N2O2S2. The highest BCUT2D eigenvalue weighted by molar-refractivity contribution is 7.91. The van der Waals surface area contributed by atoms with Gasteiger partial charge in [0, 0.05) is 17.5 Å². The average molecular weight is 276 g/mol. The highest BCUT2D eigenvalue weighted by atomic mass is 32.2. The summed E-state index contributed by atoms with van der Waals surface area (Å²) in [4.78, 5) is 0.869. The van der Waals surface area contributed by atoms with Gasteiger partial charge in [0.25, 0.3) is 0 Å². The number of rotatable bonds is 4. The van der Waals surface area contributed by atoms with Crippen LogP contribution in [0.3, 0.4) is 0 Å². The van der Waals surface area contributed by atoms with Gasteiger partial charge in [-0.25, -0.2) is 13.1 Å². The zero-order valence-corrected chi connectivity index (χ0v) is 12.3. The molecule has 0 spiro atoms. The summed E-state index contributed by atoms with van der Waals surface area (Å²) in [5.74, 6) is 0. The first-order chi connectivity index (χ1) is 7.66. The SMILES string of the molecule is CC(NS(=O)(=O)c1ccc(CN)s1)C(C)(C)C. The average Bonchev–Trinajstić information content (AvgIpc) is 2.64. The predicted molar refractivity (Wildman–Crippen MR) is 71.4 cm³/mol. The molecule has 1 rings (SSSR count). The van der Waals surface area contributed by atoms with Crippen LogP contribution in [0.25, 0.3) is 0 Å². The Balaban J connectivity index is 2.89. The smallest absolute Gasteiger partial charge is 0.250 e. The van der Waals surface area contributed by atoms with Crippen molar-refractivity contribution in [1.82, 2.24) is 4.72 Å². The number of hydrogen-bond donors (Lipinski definition) is 2. The largest absolute Gasteiger partial charge is 0.326 e. The van der Waals surface area contributed by atoms with E-state index >= 15 is 0 Å². The maximum atomic E-state index is 12.1. The molecule has 17 heavy (non-hydrogen) atoms. The second-order valence-corrected chi connectivity index (χ2v) is 8.24. The van der Waals surface area contributed by atoms with Gasteiger partial charge < -0.3 is 5.73 Å². The first-order valence-electron chi connectivity index (χ1n) is 5.48. The summed E-state index contributed by atoms with van der Waals surface area (Å²) < 4.78 is 27.2. The second kappa shape index (κ2) is 5.06. The summed E-state index contributed by atoms with van der Waals surface area (Å²) in [5, 5.41) is 0. The molecule has 0 radical (unpaired) electrons. The van der Waals surface area contributed by atoms with Crippen LogP contribution >= 0.6 is 11.3 Å². The van der Waals surface area contributed by atoms with E-state index in [1.165, 1.54) is 11.3 Å². The first kappa shape index (κ1) is 14.6. The number of nitrogens with one attached hydrogen (secondary N) is 1. The van der Waals surface area contributed by atoms with Gasteiger partial charge in [-0.1, -0.05) is 20.8 Å². The molecule has 98 valence electrons. The van der Waals surface area contributed by atoms with Gasteiger partial charge >= 0.3 is 0 Å². The molecule has 0 aliphatic heterocycles. The van der Waals surface area contributed by atoms with Gasteiger partial charge in [0.1, 0.15) is 4.21 Å². The Bertz CT molecular complexity index is 472. The fourth-order valence-electron chi connectivity index (χ4n) is 1.08. The van der Waals surface area contributed by atoms with Crippen molar-refractivity contribution < 1.29 is 8.42 Å². The van der Waals surface area contributed by atoms with E-state index < -0.39 is 10.0 Å². The Morgan fingerprint density at radius 2 is 2.00 bits per heavy atom. The van der Waals surface area contributed by atoms with Gasteiger partial charge in [-0.2, -0.15) is 0 Å². The van der Waals surface area contributed by atoms with E-state index in [4.69, 9.17) is 5.73 Å². The maximum absolute atomic E-state index is 12.1. The minimum Gasteiger partial charge on any atom is -0.326 e. The summed E-state index contributed by atoms with van der Waals surface area (Å²) in [5.41, 5.74) is 5.36. The fraction of sp³-hybridized carbons (Fsp3) is 0.636. The van der Waals surface area contributed by atoms with E-state index in [9.17, 15) is 8.42 Å². The molecule has 0 bridgehead atoms. The molecule has 0 aliphatic carbocycles. The summed E-state index contributed by atoms with van der Waals surface area (Å²) >= 11 is 1.22. The third-order valence-electron chi connectivity index (χ3n) is 2.73. The van der Waals surface area contributed by atoms with Crippen molar-refractivity contribution in [2.24, 2.45) is 11.1 Å². The van der Waals surface area contributed by atoms with Crippen LogP contribution in [0.4, 0.5) is 0 Å². The minimum absolute atomic E-state index is 0.110. The van der Waals surface area contributed by atoms with Gasteiger partial charge in [0.2, 0.25) is 10.0 Å². The van der Waals surface area contributed by atoms with Crippen LogP contribution in [0.5, 0.6) is 0 Å². The van der Waals surface area contributed by atoms with Crippen LogP contribution in [0.2, 0.25) is 0 Å². The lowest BCUT2D eigenvalue weighted by molar-refractivity contribution is 0.318. The van der Waals surface area contributed by atoms with Crippen molar-refractivity contribution in [3.05, 3.63) is 17.0 Å². The molecule has 1 aromatic rings. The van der Waals surface area contributed by atoms with Gasteiger partial charge in [-0.05, 0) is 24.5 Å². The second-order valence-electron chi connectivity index (χ2n) is 5.13. The highest BCUT2D eigenvalue weighted by Crippen LogP contribution is 2.24. The Labute approximate surface area is 107 Å². The van der Waals surface area contributed by atoms with E-state index in [1.807, 2.05) is 27.7 Å². The zero-order valence-electron chi connectivity index (χ0n) is 10.6. The summed E-state index contributed by atoms with van der Waals surface area (Å²) in [6.45, 7) is 8.24. The molecule has 1 unspecified atom stereocenters. The molecule has 1 aromatic heterocycles. The van der Waals surface area contributed by atoms with Gasteiger partial charge in [0.15, 0.2) is 0 Å². The van der Waals surface area contributed by atoms with Crippen molar-refractivity contribution in [1.29, 1.82) is 0 Å². The number of thiophene rings is 1. The number of hydrogen-bond acceptors (Lipinski definition) is 4. The monoisotopic (exact) mass is 276 g/mol. The zero-order chi connectivity index (χ0) is 13.3. The van der Waals surface area contributed by atoms with Crippen LogP contribution in [0.15, 0.2) is 16.3 Å². The molecular weight excluding hydrogens is 256 g/mol. The van der Waals surface area contributed by atoms with E-state index in [0.717, 1.165) is 4.88 Å². The van der Waals surface area contributed by atoms with Crippen LogP contribution < -0.4 is 10.5 Å². The molecule has 6 heteroatoms. The third-order valence-corrected chi connectivity index (χ3v) is 5.87. The number of sulfonamides is 1. The van der Waals surface area contributed by atoms with Gasteiger partial charge in [-0.15, -0.1) is 11.3 Å². The molecule has 0 saturated heterocycles. The molecule has 1 heterocycles. The first-order valence-corrected chi connectivity index (χ1v) is 7.78. The van der Waals surface area contributed by atoms with Crippen molar-refractivity contribution in [3.8, 4) is 0 Å². The van der Waals surface area contributed by atoms with Crippen LogP contribution in [0.1, 0.15) is 32.6 Å². The van der Waals surface area contributed by atoms with E-state index in [1.54, 1.807) is 12.1 Å². The predicted octanol–water partition coefficient (Wildman–Crippen LogP) is 1.92. The van der Waals surface area contributed by atoms with E-state index in [2.05, 4.69) is 4.72 Å². The van der Waals surface area contributed by atoms with Gasteiger partial charge in [0.05, 0.1) is 0 Å². The topological polar surface area (TPSA) is 72.2 Å². The summed E-state index contributed by atoms with van der Waals surface area (Å²) in [6.07, 6.45) is 0. The molecule has 0 fully saturated rings. The highest BCUT2D eigenvalue weighted by Gasteiger charge is 2.26. The third kappa shape index (κ3) is 3.77. The van der Waals surface area contributed by atoms with E-state index in [0.29, 0.717) is 10.8 Å². The van der Waals surface area contributed by atoms with Gasteiger partial charge in [-0.3, -0.25) is 0 Å². The van der Waals surface area contributed by atoms with Crippen LogP contribution in [-0.2, 0) is 16.6 Å². The quantitative estimate of drug-likeness (QED) is 0.882. The molecule has 3 N–H and O–H groups in total. The van der Waals surface area contributed by atoms with Crippen LogP contribution in [0, 0.1) is 5.41 Å². The van der Waals surface area contributed by atoms with Crippen LogP contribution in [-0.4, -0.2) is 14.5 Å². The molecule has 0 aromatic carbocycles. The Kier molecular flexibility index (Phi) is 4.35. The van der Waals surface area contributed by atoms with Crippen molar-refractivity contribution >= 4 is 21.4 Å². The maximum Gasteiger partial charge on any atom is 0.250 e. The molecule has 1 atom stereocenters. The van der Waals surface area contributed by atoms with Crippen molar-refractivity contribution in [2.75, 3.05) is 0 Å². The van der Waals surface area contributed by atoms with E-state index in [-0.39, 0.29) is 11.5 Å². The lowest BCUT2D eigenvalue weighted by Crippen LogP contribution is -2.41. The standard InChI is InChI=1S/C11H20N2O2S2/c1-8(11(2,3)4)13-17(14,15)10-6-5-9(7-12)16-10/h5-6,8,13H,7,12H2,1-4H3. The Morgan fingerprint density at radius 1 is 1.41 bits per heavy atom.